The summed E-state index contributed by atoms with van der Waals surface area (Å²) in [6, 6.07) is 22.8. The number of hydrogen-bond acceptors (Lipinski definition) is 22. The molecule has 24 nitrogen and oxygen atoms in total. The fourth-order valence-corrected chi connectivity index (χ4v) is 13.6. The number of nitrogens with one attached hydrogen (secondary N) is 1. The van der Waals surface area contributed by atoms with Crippen molar-refractivity contribution in [2.24, 2.45) is 16.7 Å². The number of carbonyl (C=O) groups is 7. The molecule has 2 aromatic heterocycles. The summed E-state index contributed by atoms with van der Waals surface area (Å²) < 4.78 is 51.0. The van der Waals surface area contributed by atoms with E-state index in [0.29, 0.717) is 5.56 Å². The van der Waals surface area contributed by atoms with Gasteiger partial charge in [0.05, 0.1) is 43.3 Å². The van der Waals surface area contributed by atoms with Gasteiger partial charge in [0.1, 0.15) is 66.8 Å². The first-order valence-corrected chi connectivity index (χ1v) is 28.4. The van der Waals surface area contributed by atoms with Crippen molar-refractivity contribution < 1.29 is 91.9 Å². The zero-order valence-electron chi connectivity index (χ0n) is 47.8. The Labute approximate surface area is 498 Å². The first kappa shape index (κ1) is 61.4. The van der Waals surface area contributed by atoms with Gasteiger partial charge in [-0.05, 0) is 60.7 Å². The second-order valence-corrected chi connectivity index (χ2v) is 23.5. The summed E-state index contributed by atoms with van der Waals surface area (Å²) in [7, 11) is 0. The van der Waals surface area contributed by atoms with E-state index in [-0.39, 0.29) is 58.0 Å². The van der Waals surface area contributed by atoms with Crippen LogP contribution in [-0.2, 0) is 61.9 Å². The third kappa shape index (κ3) is 11.2. The van der Waals surface area contributed by atoms with Crippen LogP contribution in [0.5, 0.6) is 0 Å². The van der Waals surface area contributed by atoms with E-state index in [1.807, 2.05) is 0 Å². The quantitative estimate of drug-likeness (QED) is 0.0369. The summed E-state index contributed by atoms with van der Waals surface area (Å²) >= 11 is 6.17. The zero-order valence-corrected chi connectivity index (χ0v) is 48.5. The standard InChI is InChI=1S/C61H66ClN5O19/c1-31-37(83-57(77)46(73)43(34-16-10-7-11-17-34)66-54(75)35-18-12-8-13-19-35)26-61(78)51(85-56(76)36-20-14-9-15-21-36)49-59(6,25-24-39-60(49,28-80-39)86-33(3)69)50(48(81-32(2)68)42(31)58(61,4)5)84-41(71)23-22-40(70)79-27-38-45(72)47(74)55(82-38)67-30-65-44-52(62)63-29-64-53(44)67/h7-21,29-30,37-39,43,45-51,55,72-74,78H,22-28H2,1-6H3,(H,66,75)/t37-,38+,39+,43-,45+,46+,47+,48+,49?,50-,51-,55+,59+,60-,61+/m0/s1. The van der Waals surface area contributed by atoms with E-state index in [1.165, 1.54) is 36.3 Å². The summed E-state index contributed by atoms with van der Waals surface area (Å²) in [6.45, 7) is 7.80. The summed E-state index contributed by atoms with van der Waals surface area (Å²) in [6.07, 6.45) is -14.5. The molecule has 86 heavy (non-hydrogen) atoms. The number of aliphatic hydroxyl groups is 4. The van der Waals surface area contributed by atoms with Gasteiger partial charge in [-0.25, -0.2) is 24.5 Å². The molecule has 1 amide bonds. The molecule has 4 fully saturated rings. The fourth-order valence-electron chi connectivity index (χ4n) is 13.4. The van der Waals surface area contributed by atoms with Gasteiger partial charge >= 0.3 is 35.8 Å². The number of aliphatic hydroxyl groups excluding tert-OH is 3. The number of nitrogens with zero attached hydrogens (tertiary/aromatic N) is 4. The molecule has 3 aliphatic carbocycles. The minimum Gasteiger partial charge on any atom is -0.463 e. The van der Waals surface area contributed by atoms with Crippen molar-refractivity contribution in [1.82, 2.24) is 24.8 Å². The van der Waals surface area contributed by atoms with Gasteiger partial charge < -0.3 is 63.6 Å². The van der Waals surface area contributed by atoms with Crippen LogP contribution in [0.25, 0.3) is 11.2 Å². The highest BCUT2D eigenvalue weighted by molar-refractivity contribution is 6.33. The molecule has 5 aliphatic rings. The molecule has 456 valence electrons. The van der Waals surface area contributed by atoms with Gasteiger partial charge in [0.15, 0.2) is 34.8 Å². The lowest BCUT2D eigenvalue weighted by molar-refractivity contribution is -0.349. The number of imidazole rings is 1. The highest BCUT2D eigenvalue weighted by Crippen LogP contribution is 2.66. The van der Waals surface area contributed by atoms with Crippen LogP contribution in [0.2, 0.25) is 5.15 Å². The van der Waals surface area contributed by atoms with Crippen LogP contribution in [0.1, 0.15) is 112 Å². The number of ether oxygens (including phenoxy) is 8. The second-order valence-electron chi connectivity index (χ2n) is 23.2. The molecular formula is C61H66ClN5O19. The number of fused-ring (bicyclic) bond motifs is 6. The molecule has 2 saturated heterocycles. The number of rotatable bonds is 17. The molecule has 1 unspecified atom stereocenters. The van der Waals surface area contributed by atoms with Crippen LogP contribution in [0.3, 0.4) is 0 Å². The van der Waals surface area contributed by atoms with Gasteiger partial charge in [-0.1, -0.05) is 99.1 Å². The number of carbonyl (C=O) groups excluding carboxylic acids is 7. The first-order valence-electron chi connectivity index (χ1n) is 28.1. The smallest absolute Gasteiger partial charge is 0.338 e. The molecule has 0 spiro atoms. The number of benzene rings is 3. The number of esters is 6. The molecule has 0 radical (unpaired) electrons. The molecular weight excluding hydrogens is 1140 g/mol. The Morgan fingerprint density at radius 3 is 2.09 bits per heavy atom. The van der Waals surface area contributed by atoms with Gasteiger partial charge in [-0.2, -0.15) is 0 Å². The van der Waals surface area contributed by atoms with Gasteiger partial charge in [-0.15, -0.1) is 0 Å². The Kier molecular flexibility index (Phi) is 17.3. The third-order valence-corrected chi connectivity index (χ3v) is 17.9. The van der Waals surface area contributed by atoms with Crippen molar-refractivity contribution in [3.8, 4) is 0 Å². The van der Waals surface area contributed by atoms with E-state index in [1.54, 1.807) is 107 Å². The molecule has 10 rings (SSSR count). The maximum absolute atomic E-state index is 14.8. The highest BCUT2D eigenvalue weighted by atomic mass is 35.5. The van der Waals surface area contributed by atoms with Crippen molar-refractivity contribution in [2.45, 2.75) is 152 Å². The van der Waals surface area contributed by atoms with Crippen molar-refractivity contribution in [1.29, 1.82) is 0 Å². The third-order valence-electron chi connectivity index (χ3n) is 17.7. The average molecular weight is 1210 g/mol. The number of amides is 1. The molecule has 2 aliphatic heterocycles. The summed E-state index contributed by atoms with van der Waals surface area (Å²) in [5.74, 6) is -7.90. The van der Waals surface area contributed by atoms with Gasteiger partial charge in [0.25, 0.3) is 5.91 Å². The lowest BCUT2D eigenvalue weighted by Gasteiger charge is -2.68. The maximum atomic E-state index is 14.8. The summed E-state index contributed by atoms with van der Waals surface area (Å²) in [4.78, 5) is 111. The number of aromatic nitrogens is 4. The normalized spacial score (nSPS) is 30.5. The van der Waals surface area contributed by atoms with Crippen molar-refractivity contribution in [3.63, 3.8) is 0 Å². The average Bonchev–Trinajstić information content (AvgIpc) is 0.874. The zero-order chi connectivity index (χ0) is 61.6. The largest absolute Gasteiger partial charge is 0.463 e. The van der Waals surface area contributed by atoms with Gasteiger partial charge in [-0.3, -0.25) is 28.5 Å². The molecule has 3 aromatic carbocycles. The summed E-state index contributed by atoms with van der Waals surface area (Å²) in [5.41, 5.74) is -6.29. The minimum atomic E-state index is -2.42. The predicted octanol–water partition coefficient (Wildman–Crippen LogP) is 4.54. The minimum absolute atomic E-state index is 0.0247. The van der Waals surface area contributed by atoms with Crippen LogP contribution < -0.4 is 5.32 Å². The van der Waals surface area contributed by atoms with E-state index in [9.17, 15) is 54.0 Å². The molecule has 4 heterocycles. The van der Waals surface area contributed by atoms with Gasteiger partial charge in [0.2, 0.25) is 0 Å². The van der Waals surface area contributed by atoms with Crippen molar-refractivity contribution in [2.75, 3.05) is 13.2 Å². The maximum Gasteiger partial charge on any atom is 0.338 e. The van der Waals surface area contributed by atoms with Crippen molar-refractivity contribution >= 4 is 64.5 Å². The topological polar surface area (TPSA) is 330 Å². The monoisotopic (exact) mass is 1210 g/mol. The van der Waals surface area contributed by atoms with Crippen LogP contribution in [0, 0.1) is 16.7 Å². The Hall–Kier alpha value is -7.71. The fraction of sp³-hybridized carbons (Fsp3) is 0.475. The van der Waals surface area contributed by atoms with E-state index in [4.69, 9.17) is 49.5 Å². The Balaban J connectivity index is 1.01. The van der Waals surface area contributed by atoms with Crippen LogP contribution >= 0.6 is 11.6 Å². The number of halogens is 1. The first-order chi connectivity index (χ1) is 40.9. The second kappa shape index (κ2) is 24.2. The molecule has 2 saturated carbocycles. The molecule has 25 heteroatoms. The van der Waals surface area contributed by atoms with E-state index >= 15 is 0 Å². The Bertz CT molecular complexity index is 3440. The molecule has 15 atom stereocenters. The van der Waals surface area contributed by atoms with Crippen LogP contribution in [-0.4, -0.2) is 161 Å². The van der Waals surface area contributed by atoms with E-state index in [0.717, 1.165) is 6.92 Å². The molecule has 5 N–H and O–H groups in total. The lowest BCUT2D eigenvalue weighted by atomic mass is 9.45. The molecule has 5 aromatic rings. The summed E-state index contributed by atoms with van der Waals surface area (Å²) in [5, 5.41) is 51.1. The Morgan fingerprint density at radius 1 is 0.802 bits per heavy atom. The van der Waals surface area contributed by atoms with Gasteiger partial charge in [0, 0.05) is 36.7 Å². The SMILES string of the molecule is CC(=O)O[C@@H]1C2=C(C)[C@@H](OC(=O)[C@H](O)[C@@H](NC(=O)c3ccccc3)c3ccccc3)C[C@@](O)([C@@H](OC(=O)c3ccccc3)C3[C@@](C)(CC[C@H]4OC[C@@]34OC(C)=O)[C@H]1OC(=O)CCC(=O)OC[C@H]1O[C@@H](n3cnc4c(Cl)ncnc43)[C@H](O)[C@@H]1O)C2(C)C. The molecule has 2 bridgehead atoms. The van der Waals surface area contributed by atoms with Crippen LogP contribution in [0.15, 0.2) is 115 Å². The van der Waals surface area contributed by atoms with Crippen LogP contribution in [0.4, 0.5) is 0 Å². The van der Waals surface area contributed by atoms with E-state index in [2.05, 4.69) is 20.3 Å². The van der Waals surface area contributed by atoms with E-state index < -0.39 is 163 Å². The van der Waals surface area contributed by atoms with Crippen molar-refractivity contribution in [3.05, 3.63) is 137 Å². The number of hydrogen-bond donors (Lipinski definition) is 5. The highest BCUT2D eigenvalue weighted by Gasteiger charge is 2.77. The Morgan fingerprint density at radius 2 is 1.45 bits per heavy atom. The predicted molar refractivity (Wildman–Crippen MR) is 298 cm³/mol. The lowest BCUT2D eigenvalue weighted by Crippen LogP contribution is -2.80.